The van der Waals surface area contributed by atoms with Crippen LogP contribution in [0.5, 0.6) is 11.5 Å². The minimum absolute atomic E-state index is 0.223. The molecule has 3 aromatic carbocycles. The number of nitrogens with zero attached hydrogens (tertiary/aromatic N) is 1. The third-order valence-electron chi connectivity index (χ3n) is 6.28. The van der Waals surface area contributed by atoms with Gasteiger partial charge in [-0.05, 0) is 65.9 Å². The third kappa shape index (κ3) is 4.15. The minimum Gasteiger partial charge on any atom is -0.454 e. The Kier molecular flexibility index (Phi) is 5.58. The lowest BCUT2D eigenvalue weighted by molar-refractivity contribution is -0.119. The number of anilines is 1. The topological polar surface area (TPSA) is 86.8 Å². The van der Waals surface area contributed by atoms with Crippen LogP contribution in [-0.2, 0) is 16.0 Å². The van der Waals surface area contributed by atoms with Crippen LogP contribution in [-0.4, -0.2) is 30.3 Å². The van der Waals surface area contributed by atoms with Gasteiger partial charge >= 0.3 is 5.97 Å². The first-order valence-electron chi connectivity index (χ1n) is 11.7. The molecular weight excluding hydrogens is 456 g/mol. The van der Waals surface area contributed by atoms with E-state index in [0.29, 0.717) is 34.3 Å². The number of pyridine rings is 1. The second-order valence-corrected chi connectivity index (χ2v) is 8.60. The number of para-hydroxylation sites is 2. The van der Waals surface area contributed by atoms with E-state index < -0.39 is 11.9 Å². The van der Waals surface area contributed by atoms with Crippen LogP contribution in [0.4, 0.5) is 5.69 Å². The molecule has 36 heavy (non-hydrogen) atoms. The van der Waals surface area contributed by atoms with Crippen LogP contribution in [0.1, 0.15) is 33.6 Å². The first kappa shape index (κ1) is 21.9. The molecule has 7 nitrogen and oxygen atoms in total. The van der Waals surface area contributed by atoms with Crippen LogP contribution in [0, 0.1) is 0 Å². The number of hydrogen-bond acceptors (Lipinski definition) is 6. The number of esters is 1. The lowest BCUT2D eigenvalue weighted by Gasteiger charge is -2.12. The predicted octanol–water partition coefficient (Wildman–Crippen LogP) is 5.25. The molecule has 0 saturated carbocycles. The Morgan fingerprint density at radius 3 is 2.64 bits per heavy atom. The second-order valence-electron chi connectivity index (χ2n) is 8.60. The molecule has 1 N–H and O–H groups in total. The average molecular weight is 479 g/mol. The van der Waals surface area contributed by atoms with Gasteiger partial charge in [0, 0.05) is 11.1 Å². The van der Waals surface area contributed by atoms with Gasteiger partial charge in [0.2, 0.25) is 6.79 Å². The van der Waals surface area contributed by atoms with Crippen LogP contribution >= 0.6 is 0 Å². The van der Waals surface area contributed by atoms with E-state index in [2.05, 4.69) is 11.4 Å². The number of rotatable bonds is 5. The highest BCUT2D eigenvalue weighted by molar-refractivity contribution is 6.08. The maximum absolute atomic E-state index is 13.3. The van der Waals surface area contributed by atoms with Gasteiger partial charge in [0.05, 0.1) is 16.8 Å². The van der Waals surface area contributed by atoms with E-state index in [1.165, 1.54) is 0 Å². The Morgan fingerprint density at radius 2 is 1.75 bits per heavy atom. The molecule has 0 atom stereocenters. The smallest absolute Gasteiger partial charge is 0.339 e. The normalized spacial score (nSPS) is 14.6. The average Bonchev–Trinajstić information content (AvgIpc) is 3.53. The Hall–Kier alpha value is -4.65. The Balaban J connectivity index is 1.30. The van der Waals surface area contributed by atoms with Gasteiger partial charge in [0.25, 0.3) is 5.91 Å². The van der Waals surface area contributed by atoms with E-state index in [0.717, 1.165) is 34.6 Å². The number of carbonyl (C=O) groups excluding carboxylic acids is 2. The van der Waals surface area contributed by atoms with Gasteiger partial charge in [-0.25, -0.2) is 9.78 Å². The summed E-state index contributed by atoms with van der Waals surface area (Å²) in [7, 11) is 0. The van der Waals surface area contributed by atoms with Crippen molar-refractivity contribution in [1.82, 2.24) is 4.98 Å². The van der Waals surface area contributed by atoms with Crippen LogP contribution in [0.15, 0.2) is 72.8 Å². The molecule has 2 heterocycles. The molecule has 0 saturated heterocycles. The lowest BCUT2D eigenvalue weighted by Crippen LogP contribution is -2.21. The minimum atomic E-state index is -0.530. The summed E-state index contributed by atoms with van der Waals surface area (Å²) in [6.45, 7) is -0.153. The van der Waals surface area contributed by atoms with Gasteiger partial charge in [-0.15, -0.1) is 0 Å². The highest BCUT2D eigenvalue weighted by Gasteiger charge is 2.28. The predicted molar refractivity (Wildman–Crippen MR) is 136 cm³/mol. The molecule has 0 unspecified atom stereocenters. The van der Waals surface area contributed by atoms with Gasteiger partial charge in [-0.2, -0.15) is 0 Å². The molecule has 2 aliphatic rings. The molecule has 0 fully saturated rings. The van der Waals surface area contributed by atoms with E-state index in [1.807, 2.05) is 60.7 Å². The van der Waals surface area contributed by atoms with E-state index in [9.17, 15) is 9.59 Å². The first-order chi connectivity index (χ1) is 17.7. The molecule has 1 aliphatic heterocycles. The molecule has 7 heteroatoms. The van der Waals surface area contributed by atoms with Crippen molar-refractivity contribution in [2.75, 3.05) is 18.7 Å². The van der Waals surface area contributed by atoms with E-state index in [-0.39, 0.29) is 13.4 Å². The van der Waals surface area contributed by atoms with Gasteiger partial charge in [0.1, 0.15) is 0 Å². The summed E-state index contributed by atoms with van der Waals surface area (Å²) < 4.78 is 16.4. The van der Waals surface area contributed by atoms with Crippen molar-refractivity contribution in [3.63, 3.8) is 0 Å². The zero-order chi connectivity index (χ0) is 24.5. The van der Waals surface area contributed by atoms with Gasteiger partial charge < -0.3 is 19.5 Å². The molecule has 0 spiro atoms. The number of nitrogens with one attached hydrogen (secondary N) is 1. The summed E-state index contributed by atoms with van der Waals surface area (Å²) in [6, 6.07) is 22.4. The zero-order valence-electron chi connectivity index (χ0n) is 19.3. The van der Waals surface area contributed by atoms with Gasteiger partial charge in [0.15, 0.2) is 18.1 Å². The summed E-state index contributed by atoms with van der Waals surface area (Å²) in [5, 5.41) is 3.45. The fourth-order valence-electron chi connectivity index (χ4n) is 4.64. The van der Waals surface area contributed by atoms with Crippen molar-refractivity contribution in [3.05, 3.63) is 95.2 Å². The molecule has 0 radical (unpaired) electrons. The highest BCUT2D eigenvalue weighted by atomic mass is 16.7. The molecule has 1 aliphatic carbocycles. The van der Waals surface area contributed by atoms with Gasteiger partial charge in [-0.1, -0.05) is 42.5 Å². The highest BCUT2D eigenvalue weighted by Crippen LogP contribution is 2.39. The summed E-state index contributed by atoms with van der Waals surface area (Å²) in [5.74, 6) is 0.520. The SMILES string of the molecule is O=C(COC(=O)c1c2c(nc3ccccc13)/C(=C\c1ccc3c(c1)OCO3)CC2)Nc1ccccc1. The van der Waals surface area contributed by atoms with Crippen molar-refractivity contribution in [2.45, 2.75) is 12.8 Å². The number of hydrogen-bond donors (Lipinski definition) is 1. The number of allylic oxidation sites excluding steroid dienone is 1. The van der Waals surface area contributed by atoms with Crippen molar-refractivity contribution in [3.8, 4) is 11.5 Å². The molecule has 1 amide bonds. The third-order valence-corrected chi connectivity index (χ3v) is 6.28. The molecule has 4 aromatic rings. The molecule has 0 bridgehead atoms. The Morgan fingerprint density at radius 1 is 0.944 bits per heavy atom. The second kappa shape index (κ2) is 9.19. The maximum atomic E-state index is 13.3. The van der Waals surface area contributed by atoms with E-state index in [4.69, 9.17) is 19.2 Å². The molecule has 1 aromatic heterocycles. The van der Waals surface area contributed by atoms with Crippen LogP contribution in [0.2, 0.25) is 0 Å². The van der Waals surface area contributed by atoms with Crippen molar-refractivity contribution in [1.29, 1.82) is 0 Å². The molecular formula is C29H22N2O5. The first-order valence-corrected chi connectivity index (χ1v) is 11.7. The quantitative estimate of drug-likeness (QED) is 0.395. The van der Waals surface area contributed by atoms with E-state index in [1.54, 1.807) is 12.1 Å². The zero-order valence-corrected chi connectivity index (χ0v) is 19.3. The molecule has 178 valence electrons. The van der Waals surface area contributed by atoms with Crippen molar-refractivity contribution in [2.24, 2.45) is 0 Å². The van der Waals surface area contributed by atoms with Crippen molar-refractivity contribution < 1.29 is 23.8 Å². The maximum Gasteiger partial charge on any atom is 0.339 e. The van der Waals surface area contributed by atoms with Crippen LogP contribution < -0.4 is 14.8 Å². The fourth-order valence-corrected chi connectivity index (χ4v) is 4.64. The van der Waals surface area contributed by atoms with E-state index >= 15 is 0 Å². The number of aromatic nitrogens is 1. The lowest BCUT2D eigenvalue weighted by atomic mass is 10.0. The number of fused-ring (bicyclic) bond motifs is 3. The number of benzene rings is 3. The Labute approximate surface area is 207 Å². The van der Waals surface area contributed by atoms with Crippen LogP contribution in [0.25, 0.3) is 22.6 Å². The van der Waals surface area contributed by atoms with Crippen molar-refractivity contribution >= 4 is 40.1 Å². The monoisotopic (exact) mass is 478 g/mol. The number of carbonyl (C=O) groups is 2. The largest absolute Gasteiger partial charge is 0.454 e. The van der Waals surface area contributed by atoms with Crippen LogP contribution in [0.3, 0.4) is 0 Å². The summed E-state index contributed by atoms with van der Waals surface area (Å²) >= 11 is 0. The number of ether oxygens (including phenoxy) is 3. The Bertz CT molecular complexity index is 1530. The number of amides is 1. The summed E-state index contributed by atoms with van der Waals surface area (Å²) in [6.07, 6.45) is 3.46. The summed E-state index contributed by atoms with van der Waals surface area (Å²) in [5.41, 5.74) is 5.45. The fraction of sp³-hybridized carbons (Fsp3) is 0.138. The summed E-state index contributed by atoms with van der Waals surface area (Å²) in [4.78, 5) is 30.5. The standard InChI is InChI=1S/C29H22N2O5/c32-26(30-20-6-2-1-3-7-20)16-34-29(33)27-21-8-4-5-9-23(21)31-28-19(11-12-22(27)28)14-18-10-13-24-25(15-18)36-17-35-24/h1-10,13-15H,11-12,16-17H2,(H,30,32)/b19-14-. The van der Waals surface area contributed by atoms with Gasteiger partial charge in [-0.3, -0.25) is 4.79 Å². The molecule has 6 rings (SSSR count).